The standard InChI is InChI=1S/C16H21N5O2S/c22-16(17-9-12-1-7-23-10-12)21-5-3-20(4-6-21)14-13-2-8-24-15(13)19-11-18-14/h2,8,11-12H,1,3-7,9-10H2,(H,17,22). The summed E-state index contributed by atoms with van der Waals surface area (Å²) >= 11 is 1.63. The SMILES string of the molecule is O=C(NCC1CCOC1)N1CCN(c2ncnc3sccc23)CC1. The van der Waals surface area contributed by atoms with Crippen LogP contribution in [0.25, 0.3) is 10.2 Å². The minimum absolute atomic E-state index is 0.0323. The summed E-state index contributed by atoms with van der Waals surface area (Å²) in [7, 11) is 0. The van der Waals surface area contributed by atoms with E-state index < -0.39 is 0 Å². The third kappa shape index (κ3) is 3.16. The van der Waals surface area contributed by atoms with E-state index in [0.29, 0.717) is 25.6 Å². The van der Waals surface area contributed by atoms with Crippen LogP contribution in [0.1, 0.15) is 6.42 Å². The average molecular weight is 347 g/mol. The molecule has 2 saturated heterocycles. The Morgan fingerprint density at radius 3 is 3.00 bits per heavy atom. The van der Waals surface area contributed by atoms with Crippen molar-refractivity contribution in [3.63, 3.8) is 0 Å². The van der Waals surface area contributed by atoms with Crippen LogP contribution in [-0.4, -0.2) is 66.8 Å². The normalized spacial score (nSPS) is 21.4. The van der Waals surface area contributed by atoms with Gasteiger partial charge in [0.1, 0.15) is 17.0 Å². The Hall–Kier alpha value is -1.93. The van der Waals surface area contributed by atoms with Crippen LogP contribution in [0.5, 0.6) is 0 Å². The second kappa shape index (κ2) is 6.90. The number of carbonyl (C=O) groups excluding carboxylic acids is 1. The Balaban J connectivity index is 1.33. The Morgan fingerprint density at radius 2 is 2.21 bits per heavy atom. The molecule has 2 aromatic rings. The number of hydrogen-bond donors (Lipinski definition) is 1. The first-order chi connectivity index (χ1) is 11.8. The number of anilines is 1. The van der Waals surface area contributed by atoms with Gasteiger partial charge in [0, 0.05) is 45.2 Å². The Bertz CT molecular complexity index is 707. The summed E-state index contributed by atoms with van der Waals surface area (Å²) in [6.45, 7) is 5.29. The first kappa shape index (κ1) is 15.6. The molecule has 2 aromatic heterocycles. The number of thiophene rings is 1. The first-order valence-electron chi connectivity index (χ1n) is 8.35. The summed E-state index contributed by atoms with van der Waals surface area (Å²) in [5, 5.41) is 6.18. The number of nitrogens with zero attached hydrogens (tertiary/aromatic N) is 4. The lowest BCUT2D eigenvalue weighted by Gasteiger charge is -2.35. The van der Waals surface area contributed by atoms with Crippen LogP contribution < -0.4 is 10.2 Å². The number of aromatic nitrogens is 2. The van der Waals surface area contributed by atoms with Crippen molar-refractivity contribution >= 4 is 33.4 Å². The zero-order valence-corrected chi connectivity index (χ0v) is 14.3. The molecule has 2 aliphatic heterocycles. The maximum Gasteiger partial charge on any atom is 0.317 e. The number of hydrogen-bond acceptors (Lipinski definition) is 6. The van der Waals surface area contributed by atoms with Gasteiger partial charge in [-0.25, -0.2) is 14.8 Å². The van der Waals surface area contributed by atoms with Crippen molar-refractivity contribution in [3.8, 4) is 0 Å². The van der Waals surface area contributed by atoms with E-state index in [1.165, 1.54) is 0 Å². The molecule has 0 spiro atoms. The second-order valence-corrected chi connectivity index (χ2v) is 7.12. The minimum atomic E-state index is 0.0323. The fourth-order valence-electron chi connectivity index (χ4n) is 3.24. The molecule has 128 valence electrons. The molecule has 24 heavy (non-hydrogen) atoms. The van der Waals surface area contributed by atoms with Gasteiger partial charge in [-0.1, -0.05) is 0 Å². The third-order valence-corrected chi connectivity index (χ3v) is 5.49. The number of fused-ring (bicyclic) bond motifs is 1. The van der Waals surface area contributed by atoms with Gasteiger partial charge in [-0.2, -0.15) is 0 Å². The van der Waals surface area contributed by atoms with Crippen LogP contribution in [0.15, 0.2) is 17.8 Å². The summed E-state index contributed by atoms with van der Waals surface area (Å²) in [6.07, 6.45) is 2.66. The topological polar surface area (TPSA) is 70.6 Å². The zero-order chi connectivity index (χ0) is 16.4. The maximum absolute atomic E-state index is 12.3. The van der Waals surface area contributed by atoms with E-state index in [9.17, 15) is 4.79 Å². The van der Waals surface area contributed by atoms with E-state index in [4.69, 9.17) is 4.74 Å². The molecule has 2 amide bonds. The molecule has 0 aromatic carbocycles. The van der Waals surface area contributed by atoms with Crippen LogP contribution in [0.3, 0.4) is 0 Å². The van der Waals surface area contributed by atoms with Gasteiger partial charge in [0.15, 0.2) is 0 Å². The number of piperazine rings is 1. The van der Waals surface area contributed by atoms with Gasteiger partial charge in [-0.15, -0.1) is 11.3 Å². The lowest BCUT2D eigenvalue weighted by atomic mass is 10.1. The number of nitrogens with one attached hydrogen (secondary N) is 1. The number of urea groups is 1. The number of ether oxygens (including phenoxy) is 1. The minimum Gasteiger partial charge on any atom is -0.381 e. The number of rotatable bonds is 3. The molecule has 4 rings (SSSR count). The van der Waals surface area contributed by atoms with E-state index in [-0.39, 0.29) is 6.03 Å². The fraction of sp³-hybridized carbons (Fsp3) is 0.562. The highest BCUT2D eigenvalue weighted by Crippen LogP contribution is 2.27. The molecule has 1 unspecified atom stereocenters. The molecule has 7 nitrogen and oxygen atoms in total. The largest absolute Gasteiger partial charge is 0.381 e. The highest BCUT2D eigenvalue weighted by molar-refractivity contribution is 7.16. The molecule has 8 heteroatoms. The molecule has 2 aliphatic rings. The van der Waals surface area contributed by atoms with Gasteiger partial charge in [-0.3, -0.25) is 0 Å². The van der Waals surface area contributed by atoms with Crippen LogP contribution in [0.4, 0.5) is 10.6 Å². The smallest absolute Gasteiger partial charge is 0.317 e. The van der Waals surface area contributed by atoms with E-state index in [0.717, 1.165) is 48.8 Å². The quantitative estimate of drug-likeness (QED) is 0.912. The van der Waals surface area contributed by atoms with Crippen LogP contribution in [0.2, 0.25) is 0 Å². The Labute approximate surface area is 144 Å². The molecule has 0 bridgehead atoms. The molecule has 2 fully saturated rings. The lowest BCUT2D eigenvalue weighted by molar-refractivity contribution is 0.179. The molecule has 4 heterocycles. The maximum atomic E-state index is 12.3. The van der Waals surface area contributed by atoms with Gasteiger partial charge in [0.05, 0.1) is 12.0 Å². The monoisotopic (exact) mass is 347 g/mol. The van der Waals surface area contributed by atoms with E-state index in [2.05, 4.69) is 26.3 Å². The number of carbonyl (C=O) groups is 1. The van der Waals surface area contributed by atoms with E-state index >= 15 is 0 Å². The first-order valence-corrected chi connectivity index (χ1v) is 9.23. The van der Waals surface area contributed by atoms with Crippen molar-refractivity contribution in [3.05, 3.63) is 17.8 Å². The Kier molecular flexibility index (Phi) is 4.48. The lowest BCUT2D eigenvalue weighted by Crippen LogP contribution is -2.52. The molecule has 1 atom stereocenters. The molecule has 0 aliphatic carbocycles. The molecular weight excluding hydrogens is 326 g/mol. The van der Waals surface area contributed by atoms with Crippen LogP contribution in [0, 0.1) is 5.92 Å². The Morgan fingerprint density at radius 1 is 1.33 bits per heavy atom. The predicted octanol–water partition coefficient (Wildman–Crippen LogP) is 1.56. The molecule has 0 saturated carbocycles. The number of amides is 2. The second-order valence-electron chi connectivity index (χ2n) is 6.23. The zero-order valence-electron chi connectivity index (χ0n) is 13.5. The predicted molar refractivity (Wildman–Crippen MR) is 93.5 cm³/mol. The van der Waals surface area contributed by atoms with Crippen LogP contribution >= 0.6 is 11.3 Å². The van der Waals surface area contributed by atoms with Crippen molar-refractivity contribution in [2.24, 2.45) is 5.92 Å². The summed E-state index contributed by atoms with van der Waals surface area (Å²) in [6, 6.07) is 2.10. The van der Waals surface area contributed by atoms with Crippen molar-refractivity contribution < 1.29 is 9.53 Å². The highest BCUT2D eigenvalue weighted by atomic mass is 32.1. The van der Waals surface area contributed by atoms with Crippen molar-refractivity contribution in [2.45, 2.75) is 6.42 Å². The highest BCUT2D eigenvalue weighted by Gasteiger charge is 2.24. The van der Waals surface area contributed by atoms with E-state index in [1.54, 1.807) is 17.7 Å². The molecule has 0 radical (unpaired) electrons. The van der Waals surface area contributed by atoms with Crippen molar-refractivity contribution in [1.82, 2.24) is 20.2 Å². The third-order valence-electron chi connectivity index (χ3n) is 4.67. The summed E-state index contributed by atoms with van der Waals surface area (Å²) in [4.78, 5) is 26.2. The summed E-state index contributed by atoms with van der Waals surface area (Å²) in [5.74, 6) is 1.44. The van der Waals surface area contributed by atoms with Gasteiger partial charge in [0.2, 0.25) is 0 Å². The summed E-state index contributed by atoms with van der Waals surface area (Å²) in [5.41, 5.74) is 0. The van der Waals surface area contributed by atoms with Gasteiger partial charge in [0.25, 0.3) is 0 Å². The molecule has 1 N–H and O–H groups in total. The average Bonchev–Trinajstić information content (AvgIpc) is 3.31. The van der Waals surface area contributed by atoms with Gasteiger partial charge >= 0.3 is 6.03 Å². The summed E-state index contributed by atoms with van der Waals surface area (Å²) < 4.78 is 5.34. The van der Waals surface area contributed by atoms with Crippen molar-refractivity contribution in [1.29, 1.82) is 0 Å². The van der Waals surface area contributed by atoms with Gasteiger partial charge < -0.3 is 19.9 Å². The van der Waals surface area contributed by atoms with Crippen LogP contribution in [-0.2, 0) is 4.74 Å². The van der Waals surface area contributed by atoms with E-state index in [1.807, 2.05) is 10.3 Å². The molecular formula is C16H21N5O2S. The van der Waals surface area contributed by atoms with Crippen molar-refractivity contribution in [2.75, 3.05) is 50.8 Å². The van der Waals surface area contributed by atoms with Gasteiger partial charge in [-0.05, 0) is 17.9 Å². The fourth-order valence-corrected chi connectivity index (χ4v) is 3.97.